The molecule has 0 amide bonds. The second kappa shape index (κ2) is 9.33. The van der Waals surface area contributed by atoms with Crippen LogP contribution in [-0.4, -0.2) is 35.4 Å². The number of aromatic nitrogens is 7. The van der Waals surface area contributed by atoms with Gasteiger partial charge in [0.25, 0.3) is 0 Å². The van der Waals surface area contributed by atoms with Gasteiger partial charge in [-0.15, -0.1) is 15.3 Å². The molecule has 0 bridgehead atoms. The van der Waals surface area contributed by atoms with Crippen molar-refractivity contribution in [1.29, 1.82) is 0 Å². The van der Waals surface area contributed by atoms with E-state index in [9.17, 15) is 8.78 Å². The Balaban J connectivity index is 1.57. The van der Waals surface area contributed by atoms with Crippen molar-refractivity contribution in [3.63, 3.8) is 0 Å². The van der Waals surface area contributed by atoms with Crippen molar-refractivity contribution < 1.29 is 8.78 Å². The topological polar surface area (TPSA) is 85.2 Å². The zero-order valence-corrected chi connectivity index (χ0v) is 18.1. The lowest BCUT2D eigenvalue weighted by atomic mass is 9.98. The van der Waals surface area contributed by atoms with Crippen LogP contribution in [0, 0.1) is 0 Å². The average Bonchev–Trinajstić information content (AvgIpc) is 3.49. The van der Waals surface area contributed by atoms with Crippen molar-refractivity contribution in [1.82, 2.24) is 35.4 Å². The number of nitrogens with one attached hydrogen (secondary N) is 1. The number of hydrogen-bond acceptors (Lipinski definition) is 5. The van der Waals surface area contributed by atoms with Gasteiger partial charge in [-0.25, -0.2) is 9.67 Å². The highest BCUT2D eigenvalue weighted by Crippen LogP contribution is 2.32. The largest absolute Gasteiger partial charge is 0.308 e. The fourth-order valence-corrected chi connectivity index (χ4v) is 3.60. The highest BCUT2D eigenvalue weighted by Gasteiger charge is 2.36. The third-order valence-electron chi connectivity index (χ3n) is 5.35. The summed E-state index contributed by atoms with van der Waals surface area (Å²) in [6.07, 6.45) is 1.45. The number of aromatic amines is 1. The normalized spacial score (nSPS) is 11.8. The molecule has 0 saturated heterocycles. The summed E-state index contributed by atoms with van der Waals surface area (Å²) >= 11 is 0. The molecule has 9 heteroatoms. The van der Waals surface area contributed by atoms with Gasteiger partial charge in [-0.1, -0.05) is 68.8 Å². The van der Waals surface area contributed by atoms with Gasteiger partial charge in [0.05, 0.1) is 6.54 Å². The summed E-state index contributed by atoms with van der Waals surface area (Å²) in [6.45, 7) is 4.17. The molecule has 2 heterocycles. The molecule has 0 fully saturated rings. The Bertz CT molecular complexity index is 1150. The Morgan fingerprint density at radius 1 is 1.00 bits per heavy atom. The van der Waals surface area contributed by atoms with E-state index in [1.165, 1.54) is 0 Å². The van der Waals surface area contributed by atoms with Crippen molar-refractivity contribution >= 4 is 0 Å². The van der Waals surface area contributed by atoms with E-state index in [0.717, 1.165) is 22.3 Å². The van der Waals surface area contributed by atoms with Crippen LogP contribution in [0.1, 0.15) is 50.3 Å². The molecule has 0 aliphatic rings. The SMILES string of the molecule is CCCCC(F)(F)c1nc(CC)n(Cc2ccc(-c3ccccc3-c3nn[nH]n3)cc2)n1. The van der Waals surface area contributed by atoms with E-state index < -0.39 is 5.92 Å². The summed E-state index contributed by atoms with van der Waals surface area (Å²) in [5, 5.41) is 18.4. The van der Waals surface area contributed by atoms with Crippen LogP contribution in [0.4, 0.5) is 8.78 Å². The first-order valence-electron chi connectivity index (χ1n) is 10.8. The van der Waals surface area contributed by atoms with Gasteiger partial charge in [-0.05, 0) is 28.3 Å². The highest BCUT2D eigenvalue weighted by atomic mass is 19.3. The lowest BCUT2D eigenvalue weighted by Crippen LogP contribution is -2.16. The number of halogens is 2. The number of nitrogens with zero attached hydrogens (tertiary/aromatic N) is 6. The molecule has 0 atom stereocenters. The number of tetrazole rings is 1. The third-order valence-corrected chi connectivity index (χ3v) is 5.35. The van der Waals surface area contributed by atoms with Crippen LogP contribution in [-0.2, 0) is 18.9 Å². The molecule has 0 aliphatic carbocycles. The lowest BCUT2D eigenvalue weighted by Gasteiger charge is -2.11. The van der Waals surface area contributed by atoms with Gasteiger partial charge in [-0.3, -0.25) is 0 Å². The number of alkyl halides is 2. The molecule has 0 saturated carbocycles. The monoisotopic (exact) mass is 437 g/mol. The van der Waals surface area contributed by atoms with Crippen molar-refractivity contribution in [3.05, 3.63) is 65.7 Å². The van der Waals surface area contributed by atoms with Crippen LogP contribution >= 0.6 is 0 Å². The minimum absolute atomic E-state index is 0.231. The summed E-state index contributed by atoms with van der Waals surface area (Å²) in [4.78, 5) is 4.13. The van der Waals surface area contributed by atoms with Crippen molar-refractivity contribution in [3.8, 4) is 22.5 Å². The summed E-state index contributed by atoms with van der Waals surface area (Å²) in [7, 11) is 0. The molecule has 2 aromatic carbocycles. The second-order valence-corrected chi connectivity index (χ2v) is 7.65. The van der Waals surface area contributed by atoms with Crippen molar-refractivity contribution in [2.45, 2.75) is 52.0 Å². The molecule has 7 nitrogen and oxygen atoms in total. The van der Waals surface area contributed by atoms with Crippen molar-refractivity contribution in [2.75, 3.05) is 0 Å². The number of H-pyrrole nitrogens is 1. The van der Waals surface area contributed by atoms with Crippen LogP contribution in [0.5, 0.6) is 0 Å². The van der Waals surface area contributed by atoms with Gasteiger partial charge in [0, 0.05) is 18.4 Å². The molecule has 2 aromatic heterocycles. The van der Waals surface area contributed by atoms with Gasteiger partial charge >= 0.3 is 5.92 Å². The zero-order valence-electron chi connectivity index (χ0n) is 18.1. The number of unbranched alkanes of at least 4 members (excludes halogenated alkanes) is 1. The summed E-state index contributed by atoms with van der Waals surface area (Å²) in [5.74, 6) is -2.30. The molecule has 4 rings (SSSR count). The Kier molecular flexibility index (Phi) is 6.34. The molecule has 4 aromatic rings. The van der Waals surface area contributed by atoms with Crippen LogP contribution in [0.2, 0.25) is 0 Å². The molecule has 0 spiro atoms. The predicted octanol–water partition coefficient (Wildman–Crippen LogP) is 5.02. The van der Waals surface area contributed by atoms with E-state index >= 15 is 0 Å². The van der Waals surface area contributed by atoms with Crippen LogP contribution in [0.15, 0.2) is 48.5 Å². The fraction of sp³-hybridized carbons (Fsp3) is 0.348. The zero-order chi connectivity index (χ0) is 22.6. The van der Waals surface area contributed by atoms with E-state index in [1.54, 1.807) is 4.68 Å². The van der Waals surface area contributed by atoms with Gasteiger partial charge in [-0.2, -0.15) is 14.0 Å². The summed E-state index contributed by atoms with van der Waals surface area (Å²) in [6, 6.07) is 15.7. The lowest BCUT2D eigenvalue weighted by molar-refractivity contribution is -0.0245. The molecular formula is C23H25F2N7. The van der Waals surface area contributed by atoms with E-state index in [2.05, 4.69) is 30.7 Å². The molecule has 0 radical (unpaired) electrons. The fourth-order valence-electron chi connectivity index (χ4n) is 3.60. The summed E-state index contributed by atoms with van der Waals surface area (Å²) < 4.78 is 30.5. The van der Waals surface area contributed by atoms with Crippen LogP contribution in [0.3, 0.4) is 0 Å². The van der Waals surface area contributed by atoms with Gasteiger partial charge in [0.1, 0.15) is 5.82 Å². The third kappa shape index (κ3) is 4.56. The standard InChI is InChI=1S/C23H25F2N7/c1-3-5-14-23(24,25)22-26-20(4-2)32(29-22)15-16-10-12-17(13-11-16)18-8-6-7-9-19(18)21-27-30-31-28-21/h6-13H,3-5,14-15H2,1-2H3,(H,27,28,30,31). The first-order chi connectivity index (χ1) is 15.5. The minimum atomic E-state index is -3.01. The van der Waals surface area contributed by atoms with E-state index in [0.29, 0.717) is 37.5 Å². The first-order valence-corrected chi connectivity index (χ1v) is 10.8. The Labute approximate surface area is 184 Å². The van der Waals surface area contributed by atoms with E-state index in [-0.39, 0.29) is 12.2 Å². The number of rotatable bonds is 9. The van der Waals surface area contributed by atoms with Crippen molar-refractivity contribution in [2.24, 2.45) is 0 Å². The molecule has 0 unspecified atom stereocenters. The molecular weight excluding hydrogens is 412 g/mol. The Morgan fingerprint density at radius 3 is 2.41 bits per heavy atom. The van der Waals surface area contributed by atoms with Gasteiger partial charge < -0.3 is 0 Å². The molecule has 1 N–H and O–H groups in total. The molecule has 32 heavy (non-hydrogen) atoms. The number of hydrogen-bond donors (Lipinski definition) is 1. The highest BCUT2D eigenvalue weighted by molar-refractivity contribution is 5.80. The van der Waals surface area contributed by atoms with Crippen LogP contribution in [0.25, 0.3) is 22.5 Å². The number of benzene rings is 2. The minimum Gasteiger partial charge on any atom is -0.245 e. The van der Waals surface area contributed by atoms with E-state index in [1.807, 2.05) is 62.4 Å². The van der Waals surface area contributed by atoms with Gasteiger partial charge in [0.15, 0.2) is 0 Å². The maximum absolute atomic E-state index is 14.5. The van der Waals surface area contributed by atoms with Gasteiger partial charge in [0.2, 0.25) is 11.6 Å². The predicted molar refractivity (Wildman–Crippen MR) is 117 cm³/mol. The Morgan fingerprint density at radius 2 is 1.75 bits per heavy atom. The van der Waals surface area contributed by atoms with Crippen LogP contribution < -0.4 is 0 Å². The summed E-state index contributed by atoms with van der Waals surface area (Å²) in [5.41, 5.74) is 3.80. The quantitative estimate of drug-likeness (QED) is 0.397. The Hall–Kier alpha value is -3.49. The smallest absolute Gasteiger partial charge is 0.245 e. The number of aryl methyl sites for hydroxylation is 1. The maximum atomic E-state index is 14.5. The molecule has 0 aliphatic heterocycles. The molecule has 166 valence electrons. The second-order valence-electron chi connectivity index (χ2n) is 7.65. The maximum Gasteiger partial charge on any atom is 0.308 e. The first kappa shape index (κ1) is 21.7. The average molecular weight is 437 g/mol. The van der Waals surface area contributed by atoms with E-state index in [4.69, 9.17) is 0 Å².